The van der Waals surface area contributed by atoms with Crippen LogP contribution in [0.3, 0.4) is 0 Å². The first-order chi connectivity index (χ1) is 16.9. The minimum absolute atomic E-state index is 0.0532. The minimum atomic E-state index is -0.504. The number of likely N-dealkylation sites (tertiary alicyclic amines) is 2. The molecule has 0 bridgehead atoms. The Bertz CT molecular complexity index is 921. The SMILES string of the molecule is COc1ccc(C(=O)N2CCC(N3CCC(C(OC)OC)CC3)CC2)cc1N1CCC(=O)NC1=O. The third kappa shape index (κ3) is 5.60. The number of ether oxygens (including phenoxy) is 3. The van der Waals surface area contributed by atoms with Gasteiger partial charge in [0.2, 0.25) is 5.91 Å². The molecule has 3 aliphatic rings. The lowest BCUT2D eigenvalue weighted by atomic mass is 9.92. The summed E-state index contributed by atoms with van der Waals surface area (Å²) in [7, 11) is 4.91. The van der Waals surface area contributed by atoms with Crippen molar-refractivity contribution in [2.45, 2.75) is 44.4 Å². The minimum Gasteiger partial charge on any atom is -0.495 e. The average Bonchev–Trinajstić information content (AvgIpc) is 2.89. The third-order valence-corrected chi connectivity index (χ3v) is 7.46. The van der Waals surface area contributed by atoms with Gasteiger partial charge < -0.3 is 24.0 Å². The Labute approximate surface area is 206 Å². The highest BCUT2D eigenvalue weighted by atomic mass is 16.7. The molecule has 0 radical (unpaired) electrons. The fraction of sp³-hybridized carbons (Fsp3) is 0.640. The van der Waals surface area contributed by atoms with Gasteiger partial charge in [-0.3, -0.25) is 19.8 Å². The average molecular weight is 489 g/mol. The van der Waals surface area contributed by atoms with Gasteiger partial charge in [0.05, 0.1) is 12.8 Å². The summed E-state index contributed by atoms with van der Waals surface area (Å²) in [5, 5.41) is 2.32. The van der Waals surface area contributed by atoms with E-state index in [1.54, 1.807) is 32.4 Å². The van der Waals surface area contributed by atoms with Crippen molar-refractivity contribution in [3.05, 3.63) is 23.8 Å². The summed E-state index contributed by atoms with van der Waals surface area (Å²) in [6.07, 6.45) is 4.05. The van der Waals surface area contributed by atoms with Crippen molar-refractivity contribution in [1.82, 2.24) is 15.1 Å². The van der Waals surface area contributed by atoms with Crippen LogP contribution in [-0.4, -0.2) is 94.0 Å². The van der Waals surface area contributed by atoms with Gasteiger partial charge in [0.1, 0.15) is 5.75 Å². The molecule has 3 heterocycles. The van der Waals surface area contributed by atoms with Crippen molar-refractivity contribution in [3.63, 3.8) is 0 Å². The highest BCUT2D eigenvalue weighted by molar-refractivity contribution is 6.07. The standard InChI is InChI=1S/C25H36N4O6/c1-33-21-5-4-18(16-20(21)29-15-10-22(30)26-25(29)32)23(31)28-13-8-19(9-14-28)27-11-6-17(7-12-27)24(34-2)35-3/h4-5,16-17,19,24H,6-15H2,1-3H3,(H,26,30,32). The summed E-state index contributed by atoms with van der Waals surface area (Å²) in [6.45, 7) is 3.68. The molecular formula is C25H36N4O6. The van der Waals surface area contributed by atoms with Gasteiger partial charge in [0.15, 0.2) is 6.29 Å². The molecule has 4 amide bonds. The molecule has 3 fully saturated rings. The molecule has 1 aromatic carbocycles. The molecule has 192 valence electrons. The van der Waals surface area contributed by atoms with E-state index in [2.05, 4.69) is 10.2 Å². The number of nitrogens with one attached hydrogen (secondary N) is 1. The quantitative estimate of drug-likeness (QED) is 0.587. The maximum absolute atomic E-state index is 13.3. The lowest BCUT2D eigenvalue weighted by molar-refractivity contribution is -0.148. The number of methoxy groups -OCH3 is 3. The summed E-state index contributed by atoms with van der Waals surface area (Å²) in [5.74, 6) is 0.550. The number of hydrogen-bond donors (Lipinski definition) is 1. The van der Waals surface area contributed by atoms with Crippen LogP contribution >= 0.6 is 0 Å². The maximum Gasteiger partial charge on any atom is 0.328 e. The van der Waals surface area contributed by atoms with Crippen LogP contribution in [0.5, 0.6) is 5.75 Å². The summed E-state index contributed by atoms with van der Waals surface area (Å²) in [5.41, 5.74) is 1.00. The van der Waals surface area contributed by atoms with Crippen molar-refractivity contribution in [1.29, 1.82) is 0 Å². The van der Waals surface area contributed by atoms with E-state index in [9.17, 15) is 14.4 Å². The van der Waals surface area contributed by atoms with Crippen LogP contribution in [0.1, 0.15) is 42.5 Å². The van der Waals surface area contributed by atoms with Crippen LogP contribution in [-0.2, 0) is 14.3 Å². The van der Waals surface area contributed by atoms with Gasteiger partial charge in [-0.25, -0.2) is 4.79 Å². The van der Waals surface area contributed by atoms with Crippen molar-refractivity contribution in [2.24, 2.45) is 5.92 Å². The van der Waals surface area contributed by atoms with Crippen LogP contribution in [0, 0.1) is 5.92 Å². The molecule has 0 aromatic heterocycles. The molecule has 0 unspecified atom stereocenters. The smallest absolute Gasteiger partial charge is 0.328 e. The molecule has 1 N–H and O–H groups in total. The molecule has 10 nitrogen and oxygen atoms in total. The van der Waals surface area contributed by atoms with E-state index in [0.29, 0.717) is 42.0 Å². The fourth-order valence-electron chi connectivity index (χ4n) is 5.48. The molecule has 3 saturated heterocycles. The highest BCUT2D eigenvalue weighted by Gasteiger charge is 2.33. The second kappa shape index (κ2) is 11.4. The van der Waals surface area contributed by atoms with E-state index in [1.165, 1.54) is 12.0 Å². The Balaban J connectivity index is 1.36. The number of piperidine rings is 2. The van der Waals surface area contributed by atoms with Gasteiger partial charge >= 0.3 is 6.03 Å². The van der Waals surface area contributed by atoms with Crippen molar-refractivity contribution < 1.29 is 28.6 Å². The van der Waals surface area contributed by atoms with Crippen LogP contribution in [0.2, 0.25) is 0 Å². The van der Waals surface area contributed by atoms with E-state index in [1.807, 2.05) is 4.90 Å². The van der Waals surface area contributed by atoms with E-state index in [4.69, 9.17) is 14.2 Å². The molecule has 0 atom stereocenters. The Morgan fingerprint density at radius 1 is 0.971 bits per heavy atom. The number of hydrogen-bond acceptors (Lipinski definition) is 7. The summed E-state index contributed by atoms with van der Waals surface area (Å²) in [4.78, 5) is 43.1. The van der Waals surface area contributed by atoms with Crippen LogP contribution in [0.15, 0.2) is 18.2 Å². The van der Waals surface area contributed by atoms with Crippen molar-refractivity contribution in [3.8, 4) is 5.75 Å². The monoisotopic (exact) mass is 488 g/mol. The molecule has 4 rings (SSSR count). The first-order valence-corrected chi connectivity index (χ1v) is 12.3. The summed E-state index contributed by atoms with van der Waals surface area (Å²) >= 11 is 0. The predicted octanol–water partition coefficient (Wildman–Crippen LogP) is 2.08. The molecular weight excluding hydrogens is 452 g/mol. The number of urea groups is 1. The maximum atomic E-state index is 13.3. The Kier molecular flexibility index (Phi) is 8.25. The molecule has 35 heavy (non-hydrogen) atoms. The van der Waals surface area contributed by atoms with Gasteiger partial charge in [0, 0.05) is 57.8 Å². The zero-order valence-electron chi connectivity index (χ0n) is 20.8. The Morgan fingerprint density at radius 3 is 2.26 bits per heavy atom. The zero-order valence-corrected chi connectivity index (χ0v) is 20.8. The number of nitrogens with zero attached hydrogens (tertiary/aromatic N) is 3. The van der Waals surface area contributed by atoms with E-state index >= 15 is 0 Å². The number of benzene rings is 1. The second-order valence-corrected chi connectivity index (χ2v) is 9.38. The lowest BCUT2D eigenvalue weighted by Crippen LogP contribution is -2.50. The molecule has 1 aromatic rings. The first kappa shape index (κ1) is 25.4. The first-order valence-electron chi connectivity index (χ1n) is 12.3. The number of rotatable bonds is 7. The van der Waals surface area contributed by atoms with Crippen molar-refractivity contribution >= 4 is 23.5 Å². The molecule has 3 aliphatic heterocycles. The number of carbonyl (C=O) groups is 3. The van der Waals surface area contributed by atoms with E-state index in [-0.39, 0.29) is 31.1 Å². The Morgan fingerprint density at radius 2 is 1.66 bits per heavy atom. The van der Waals surface area contributed by atoms with Crippen LogP contribution < -0.4 is 15.0 Å². The number of anilines is 1. The molecule has 0 saturated carbocycles. The number of amides is 4. The second-order valence-electron chi connectivity index (χ2n) is 9.38. The van der Waals surface area contributed by atoms with Gasteiger partial charge in [0.25, 0.3) is 5.91 Å². The fourth-order valence-corrected chi connectivity index (χ4v) is 5.48. The van der Waals surface area contributed by atoms with Gasteiger partial charge in [-0.1, -0.05) is 0 Å². The van der Waals surface area contributed by atoms with Gasteiger partial charge in [-0.2, -0.15) is 0 Å². The third-order valence-electron chi connectivity index (χ3n) is 7.46. The van der Waals surface area contributed by atoms with E-state index < -0.39 is 6.03 Å². The van der Waals surface area contributed by atoms with Crippen LogP contribution in [0.4, 0.5) is 10.5 Å². The molecule has 0 aliphatic carbocycles. The number of imide groups is 1. The normalized spacial score (nSPS) is 20.9. The van der Waals surface area contributed by atoms with Gasteiger partial charge in [-0.05, 0) is 57.0 Å². The number of carbonyl (C=O) groups excluding carboxylic acids is 3. The highest BCUT2D eigenvalue weighted by Crippen LogP contribution is 2.32. The van der Waals surface area contributed by atoms with E-state index in [0.717, 1.165) is 38.8 Å². The van der Waals surface area contributed by atoms with Gasteiger partial charge in [-0.15, -0.1) is 0 Å². The summed E-state index contributed by atoms with van der Waals surface area (Å²) in [6, 6.07) is 5.10. The predicted molar refractivity (Wildman–Crippen MR) is 130 cm³/mol. The van der Waals surface area contributed by atoms with Crippen molar-refractivity contribution in [2.75, 3.05) is 59.0 Å². The summed E-state index contributed by atoms with van der Waals surface area (Å²) < 4.78 is 16.3. The molecule has 0 spiro atoms. The lowest BCUT2D eigenvalue weighted by Gasteiger charge is -2.42. The van der Waals surface area contributed by atoms with Crippen LogP contribution in [0.25, 0.3) is 0 Å². The Hall–Kier alpha value is -2.69. The topological polar surface area (TPSA) is 101 Å². The molecule has 10 heteroatoms. The zero-order chi connectivity index (χ0) is 24.9. The largest absolute Gasteiger partial charge is 0.495 e.